The van der Waals surface area contributed by atoms with E-state index in [1.54, 1.807) is 43.4 Å². The van der Waals surface area contributed by atoms with E-state index in [4.69, 9.17) is 0 Å². The normalized spacial score (nSPS) is 13.6. The second-order valence-electron chi connectivity index (χ2n) is 4.41. The highest BCUT2D eigenvalue weighted by molar-refractivity contribution is 9.10. The third-order valence-corrected chi connectivity index (χ3v) is 3.94. The Labute approximate surface area is 124 Å². The molecular formula is C15H11BrN2O2. The first kappa shape index (κ1) is 12.9. The second-order valence-corrected chi connectivity index (χ2v) is 5.26. The van der Waals surface area contributed by atoms with Gasteiger partial charge >= 0.3 is 0 Å². The molecular weight excluding hydrogens is 320 g/mol. The largest absolute Gasteiger partial charge is 0.388 e. The Balaban J connectivity index is 2.12. The average Bonchev–Trinajstić information content (AvgIpc) is 2.71. The van der Waals surface area contributed by atoms with Crippen LogP contribution in [-0.2, 0) is 0 Å². The van der Waals surface area contributed by atoms with Crippen molar-refractivity contribution in [2.75, 3.05) is 17.3 Å². The first-order valence-electron chi connectivity index (χ1n) is 6.08. The first-order chi connectivity index (χ1) is 9.63. The zero-order valence-corrected chi connectivity index (χ0v) is 12.3. The second kappa shape index (κ2) is 4.76. The number of anilines is 2. The SMILES string of the molecule is CNc1ccc2c(c1)C(=O)N(c1ccccc1Br)C2=O. The van der Waals surface area contributed by atoms with Crippen LogP contribution in [0.15, 0.2) is 46.9 Å². The van der Waals surface area contributed by atoms with Crippen LogP contribution in [0.2, 0.25) is 0 Å². The molecule has 2 aromatic carbocycles. The Kier molecular flexibility index (Phi) is 3.06. The smallest absolute Gasteiger partial charge is 0.266 e. The number of nitrogens with zero attached hydrogens (tertiary/aromatic N) is 1. The Morgan fingerprint density at radius 1 is 1.00 bits per heavy atom. The lowest BCUT2D eigenvalue weighted by Crippen LogP contribution is -2.29. The molecule has 0 atom stereocenters. The zero-order chi connectivity index (χ0) is 14.3. The fourth-order valence-corrected chi connectivity index (χ4v) is 2.71. The van der Waals surface area contributed by atoms with E-state index in [0.29, 0.717) is 21.3 Å². The highest BCUT2D eigenvalue weighted by atomic mass is 79.9. The zero-order valence-electron chi connectivity index (χ0n) is 10.7. The molecule has 2 amide bonds. The van der Waals surface area contributed by atoms with Crippen LogP contribution in [0, 0.1) is 0 Å². The van der Waals surface area contributed by atoms with Crippen molar-refractivity contribution >= 4 is 39.1 Å². The van der Waals surface area contributed by atoms with Gasteiger partial charge in [-0.2, -0.15) is 0 Å². The molecule has 0 saturated heterocycles. The summed E-state index contributed by atoms with van der Waals surface area (Å²) in [5.74, 6) is -0.589. The van der Waals surface area contributed by atoms with Crippen LogP contribution in [0.25, 0.3) is 0 Å². The summed E-state index contributed by atoms with van der Waals surface area (Å²) in [5.41, 5.74) is 2.23. The molecule has 100 valence electrons. The molecule has 0 spiro atoms. The van der Waals surface area contributed by atoms with E-state index in [9.17, 15) is 9.59 Å². The van der Waals surface area contributed by atoms with Gasteiger partial charge in [-0.05, 0) is 46.3 Å². The van der Waals surface area contributed by atoms with E-state index in [2.05, 4.69) is 21.2 Å². The van der Waals surface area contributed by atoms with Crippen molar-refractivity contribution in [3.63, 3.8) is 0 Å². The summed E-state index contributed by atoms with van der Waals surface area (Å²) in [5, 5.41) is 2.97. The topological polar surface area (TPSA) is 49.4 Å². The van der Waals surface area contributed by atoms with E-state index in [1.807, 2.05) is 6.07 Å². The van der Waals surface area contributed by atoms with Gasteiger partial charge in [0, 0.05) is 17.2 Å². The summed E-state index contributed by atoms with van der Waals surface area (Å²) in [6.45, 7) is 0. The van der Waals surface area contributed by atoms with Gasteiger partial charge in [-0.25, -0.2) is 4.90 Å². The number of amides is 2. The van der Waals surface area contributed by atoms with Gasteiger partial charge < -0.3 is 5.32 Å². The number of carbonyl (C=O) groups excluding carboxylic acids is 2. The van der Waals surface area contributed by atoms with Crippen molar-refractivity contribution in [2.45, 2.75) is 0 Å². The maximum atomic E-state index is 12.5. The van der Waals surface area contributed by atoms with E-state index in [-0.39, 0.29) is 11.8 Å². The third-order valence-electron chi connectivity index (χ3n) is 3.27. The van der Waals surface area contributed by atoms with Gasteiger partial charge in [-0.3, -0.25) is 9.59 Å². The number of carbonyl (C=O) groups is 2. The lowest BCUT2D eigenvalue weighted by atomic mass is 10.1. The monoisotopic (exact) mass is 330 g/mol. The van der Waals surface area contributed by atoms with Gasteiger partial charge in [0.05, 0.1) is 16.8 Å². The van der Waals surface area contributed by atoms with Crippen molar-refractivity contribution in [1.82, 2.24) is 0 Å². The maximum Gasteiger partial charge on any atom is 0.266 e. The van der Waals surface area contributed by atoms with E-state index in [1.165, 1.54) is 4.90 Å². The summed E-state index contributed by atoms with van der Waals surface area (Å²) in [7, 11) is 1.77. The molecule has 0 bridgehead atoms. The predicted octanol–water partition coefficient (Wildman–Crippen LogP) is 3.29. The van der Waals surface area contributed by atoms with Crippen molar-refractivity contribution in [1.29, 1.82) is 0 Å². The molecule has 0 aliphatic carbocycles. The minimum absolute atomic E-state index is 0.292. The van der Waals surface area contributed by atoms with E-state index in [0.717, 1.165) is 5.69 Å². The number of halogens is 1. The van der Waals surface area contributed by atoms with Crippen molar-refractivity contribution in [3.8, 4) is 0 Å². The van der Waals surface area contributed by atoms with Gasteiger partial charge in [0.25, 0.3) is 11.8 Å². The number of hydrogen-bond acceptors (Lipinski definition) is 3. The summed E-state index contributed by atoms with van der Waals surface area (Å²) >= 11 is 3.38. The molecule has 0 fully saturated rings. The molecule has 3 rings (SSSR count). The molecule has 1 heterocycles. The van der Waals surface area contributed by atoms with Gasteiger partial charge in [0.2, 0.25) is 0 Å². The van der Waals surface area contributed by atoms with Crippen LogP contribution in [0.3, 0.4) is 0 Å². The Morgan fingerprint density at radius 3 is 2.40 bits per heavy atom. The van der Waals surface area contributed by atoms with Gasteiger partial charge in [-0.1, -0.05) is 12.1 Å². The molecule has 0 saturated carbocycles. The first-order valence-corrected chi connectivity index (χ1v) is 6.88. The molecule has 2 aromatic rings. The molecule has 1 N–H and O–H groups in total. The Hall–Kier alpha value is -2.14. The summed E-state index contributed by atoms with van der Waals surface area (Å²) in [6, 6.07) is 12.3. The quantitative estimate of drug-likeness (QED) is 0.859. The fraction of sp³-hybridized carbons (Fsp3) is 0.0667. The predicted molar refractivity (Wildman–Crippen MR) is 81.3 cm³/mol. The van der Waals surface area contributed by atoms with Crippen molar-refractivity contribution in [2.24, 2.45) is 0 Å². The highest BCUT2D eigenvalue weighted by Crippen LogP contribution is 2.34. The molecule has 4 nitrogen and oxygen atoms in total. The number of hydrogen-bond donors (Lipinski definition) is 1. The third kappa shape index (κ3) is 1.82. The van der Waals surface area contributed by atoms with Crippen LogP contribution in [0.5, 0.6) is 0 Å². The van der Waals surface area contributed by atoms with Crippen molar-refractivity contribution < 1.29 is 9.59 Å². The average molecular weight is 331 g/mol. The molecule has 0 radical (unpaired) electrons. The molecule has 0 unspecified atom stereocenters. The fourth-order valence-electron chi connectivity index (χ4n) is 2.25. The van der Waals surface area contributed by atoms with Crippen LogP contribution in [0.4, 0.5) is 11.4 Å². The van der Waals surface area contributed by atoms with Gasteiger partial charge in [-0.15, -0.1) is 0 Å². The number of imide groups is 1. The van der Waals surface area contributed by atoms with Crippen molar-refractivity contribution in [3.05, 3.63) is 58.1 Å². The lowest BCUT2D eigenvalue weighted by molar-refractivity contribution is 0.0926. The molecule has 5 heteroatoms. The molecule has 0 aromatic heterocycles. The van der Waals surface area contributed by atoms with Crippen LogP contribution < -0.4 is 10.2 Å². The molecule has 1 aliphatic heterocycles. The minimum Gasteiger partial charge on any atom is -0.388 e. The number of para-hydroxylation sites is 1. The highest BCUT2D eigenvalue weighted by Gasteiger charge is 2.37. The maximum absolute atomic E-state index is 12.5. The standard InChI is InChI=1S/C15H11BrN2O2/c1-17-9-6-7-10-11(8-9)15(20)18(14(10)19)13-5-3-2-4-12(13)16/h2-8,17H,1H3. The lowest BCUT2D eigenvalue weighted by Gasteiger charge is -2.15. The van der Waals surface area contributed by atoms with Gasteiger partial charge in [0.1, 0.15) is 0 Å². The Morgan fingerprint density at radius 2 is 1.70 bits per heavy atom. The van der Waals surface area contributed by atoms with Crippen LogP contribution >= 0.6 is 15.9 Å². The summed E-state index contributed by atoms with van der Waals surface area (Å²) < 4.78 is 0.711. The number of rotatable bonds is 2. The van der Waals surface area contributed by atoms with E-state index < -0.39 is 0 Å². The number of benzene rings is 2. The van der Waals surface area contributed by atoms with Crippen LogP contribution in [-0.4, -0.2) is 18.9 Å². The van der Waals surface area contributed by atoms with Crippen LogP contribution in [0.1, 0.15) is 20.7 Å². The van der Waals surface area contributed by atoms with Gasteiger partial charge in [0.15, 0.2) is 0 Å². The summed E-state index contributed by atoms with van der Waals surface area (Å²) in [6.07, 6.45) is 0. The van der Waals surface area contributed by atoms with E-state index >= 15 is 0 Å². The number of nitrogens with one attached hydrogen (secondary N) is 1. The molecule has 1 aliphatic rings. The molecule has 20 heavy (non-hydrogen) atoms. The summed E-state index contributed by atoms with van der Waals surface area (Å²) in [4.78, 5) is 26.1. The minimum atomic E-state index is -0.297. The number of fused-ring (bicyclic) bond motifs is 1. The Bertz CT molecular complexity index is 728.